The number of aromatic nitrogens is 1. The number of halogens is 2. The second-order valence-electron chi connectivity index (χ2n) is 6.16. The Morgan fingerprint density at radius 3 is 2.62 bits per heavy atom. The van der Waals surface area contributed by atoms with E-state index in [0.717, 1.165) is 5.56 Å². The maximum atomic E-state index is 14.1. The first-order valence-corrected chi connectivity index (χ1v) is 9.00. The predicted molar refractivity (Wildman–Crippen MR) is 109 cm³/mol. The molecule has 0 bridgehead atoms. The Bertz CT molecular complexity index is 1050. The van der Waals surface area contributed by atoms with Gasteiger partial charge in [-0.15, -0.1) is 0 Å². The van der Waals surface area contributed by atoms with E-state index in [4.69, 9.17) is 26.8 Å². The number of ether oxygens (including phenoxy) is 2. The fraction of sp³-hybridized carbons (Fsp3) is 0.143. The van der Waals surface area contributed by atoms with Crippen molar-refractivity contribution in [2.75, 3.05) is 19.5 Å². The van der Waals surface area contributed by atoms with Crippen molar-refractivity contribution >= 4 is 23.3 Å². The number of hydrogen-bond acceptors (Lipinski definition) is 5. The SMILES string of the molecule is COc1cccc(C(Nc2ncc(C(N)=O)cc2Cl)c2cc(F)ccc2OC)c1. The molecule has 0 saturated carbocycles. The largest absolute Gasteiger partial charge is 0.497 e. The molecule has 8 heteroatoms. The van der Waals surface area contributed by atoms with Gasteiger partial charge in [0.25, 0.3) is 0 Å². The van der Waals surface area contributed by atoms with Gasteiger partial charge in [0.2, 0.25) is 5.91 Å². The summed E-state index contributed by atoms with van der Waals surface area (Å²) in [4.78, 5) is 15.6. The monoisotopic (exact) mass is 415 g/mol. The Kier molecular flexibility index (Phi) is 6.19. The Morgan fingerprint density at radius 2 is 1.97 bits per heavy atom. The first-order chi connectivity index (χ1) is 13.9. The smallest absolute Gasteiger partial charge is 0.250 e. The van der Waals surface area contributed by atoms with Crippen LogP contribution in [-0.4, -0.2) is 25.1 Å². The summed E-state index contributed by atoms with van der Waals surface area (Å²) in [5, 5.41) is 3.40. The lowest BCUT2D eigenvalue weighted by molar-refractivity contribution is 0.1000. The molecule has 3 aromatic rings. The number of primary amides is 1. The summed E-state index contributed by atoms with van der Waals surface area (Å²) in [6, 6.07) is 12.4. The van der Waals surface area contributed by atoms with E-state index in [1.165, 1.54) is 31.5 Å². The van der Waals surface area contributed by atoms with Crippen LogP contribution in [0.25, 0.3) is 0 Å². The molecule has 0 aliphatic rings. The molecule has 2 aromatic carbocycles. The highest BCUT2D eigenvalue weighted by molar-refractivity contribution is 6.33. The first-order valence-electron chi connectivity index (χ1n) is 8.62. The van der Waals surface area contributed by atoms with Crippen LogP contribution in [0.1, 0.15) is 27.5 Å². The first kappa shape index (κ1) is 20.4. The van der Waals surface area contributed by atoms with Gasteiger partial charge in [0, 0.05) is 11.8 Å². The molecule has 1 unspecified atom stereocenters. The Balaban J connectivity index is 2.11. The highest BCUT2D eigenvalue weighted by Crippen LogP contribution is 2.36. The number of methoxy groups -OCH3 is 2. The van der Waals surface area contributed by atoms with Gasteiger partial charge in [-0.1, -0.05) is 23.7 Å². The third-order valence-electron chi connectivity index (χ3n) is 4.34. The molecule has 1 heterocycles. The van der Waals surface area contributed by atoms with Crippen molar-refractivity contribution < 1.29 is 18.7 Å². The normalized spacial score (nSPS) is 11.6. The molecule has 1 aromatic heterocycles. The van der Waals surface area contributed by atoms with Crippen molar-refractivity contribution in [1.82, 2.24) is 4.98 Å². The summed E-state index contributed by atoms with van der Waals surface area (Å²) >= 11 is 6.29. The number of nitrogens with zero attached hydrogens (tertiary/aromatic N) is 1. The Hall–Kier alpha value is -3.32. The van der Waals surface area contributed by atoms with Crippen LogP contribution in [0.3, 0.4) is 0 Å². The lowest BCUT2D eigenvalue weighted by Crippen LogP contribution is -2.16. The average Bonchev–Trinajstić information content (AvgIpc) is 2.72. The van der Waals surface area contributed by atoms with E-state index >= 15 is 0 Å². The van der Waals surface area contributed by atoms with Gasteiger partial charge in [-0.2, -0.15) is 0 Å². The number of pyridine rings is 1. The zero-order valence-corrected chi connectivity index (χ0v) is 16.5. The molecule has 150 valence electrons. The van der Waals surface area contributed by atoms with Crippen LogP contribution in [0.2, 0.25) is 5.02 Å². The fourth-order valence-corrected chi connectivity index (χ4v) is 3.13. The number of hydrogen-bond donors (Lipinski definition) is 2. The maximum absolute atomic E-state index is 14.1. The highest BCUT2D eigenvalue weighted by Gasteiger charge is 2.22. The van der Waals surface area contributed by atoms with Gasteiger partial charge < -0.3 is 20.5 Å². The molecule has 0 radical (unpaired) electrons. The minimum Gasteiger partial charge on any atom is -0.497 e. The third kappa shape index (κ3) is 4.57. The van der Waals surface area contributed by atoms with Gasteiger partial charge in [-0.25, -0.2) is 9.37 Å². The van der Waals surface area contributed by atoms with E-state index in [-0.39, 0.29) is 10.6 Å². The number of rotatable bonds is 7. The van der Waals surface area contributed by atoms with Crippen molar-refractivity contribution in [3.63, 3.8) is 0 Å². The van der Waals surface area contributed by atoms with Crippen molar-refractivity contribution in [3.8, 4) is 11.5 Å². The van der Waals surface area contributed by atoms with Crippen LogP contribution in [0.5, 0.6) is 11.5 Å². The van der Waals surface area contributed by atoms with Crippen LogP contribution in [0.15, 0.2) is 54.7 Å². The second kappa shape index (κ2) is 8.79. The van der Waals surface area contributed by atoms with Crippen molar-refractivity contribution in [2.45, 2.75) is 6.04 Å². The van der Waals surface area contributed by atoms with E-state index in [1.807, 2.05) is 18.2 Å². The van der Waals surface area contributed by atoms with Gasteiger partial charge in [0.05, 0.1) is 30.8 Å². The minimum absolute atomic E-state index is 0.182. The minimum atomic E-state index is -0.637. The quantitative estimate of drug-likeness (QED) is 0.604. The third-order valence-corrected chi connectivity index (χ3v) is 4.62. The maximum Gasteiger partial charge on any atom is 0.250 e. The zero-order valence-electron chi connectivity index (χ0n) is 15.8. The summed E-state index contributed by atoms with van der Waals surface area (Å²) in [5.41, 5.74) is 6.76. The summed E-state index contributed by atoms with van der Waals surface area (Å²) < 4.78 is 24.8. The fourth-order valence-electron chi connectivity index (χ4n) is 2.91. The molecule has 1 atom stereocenters. The summed E-state index contributed by atoms with van der Waals surface area (Å²) in [7, 11) is 3.07. The number of carbonyl (C=O) groups is 1. The lowest BCUT2D eigenvalue weighted by Gasteiger charge is -2.23. The summed E-state index contributed by atoms with van der Waals surface area (Å²) in [5.74, 6) is 0.362. The molecule has 0 saturated heterocycles. The van der Waals surface area contributed by atoms with Crippen LogP contribution < -0.4 is 20.5 Å². The van der Waals surface area contributed by atoms with Crippen LogP contribution in [0, 0.1) is 5.82 Å². The second-order valence-corrected chi connectivity index (χ2v) is 6.57. The van der Waals surface area contributed by atoms with E-state index in [2.05, 4.69) is 10.3 Å². The number of nitrogens with two attached hydrogens (primary N) is 1. The highest BCUT2D eigenvalue weighted by atomic mass is 35.5. The van der Waals surface area contributed by atoms with Gasteiger partial charge in [0.15, 0.2) is 0 Å². The number of benzene rings is 2. The standard InChI is InChI=1S/C21H19ClFN3O3/c1-28-15-5-3-4-12(8-15)19(16-10-14(23)6-7-18(16)29-2)26-21-17(22)9-13(11-25-21)20(24)27/h3-11,19H,1-2H3,(H2,24,27)(H,25,26). The Labute approximate surface area is 172 Å². The molecule has 0 aliphatic carbocycles. The lowest BCUT2D eigenvalue weighted by atomic mass is 9.97. The number of amides is 1. The summed E-state index contributed by atoms with van der Waals surface area (Å²) in [6.45, 7) is 0. The van der Waals surface area contributed by atoms with Crippen molar-refractivity contribution in [3.05, 3.63) is 82.3 Å². The molecule has 0 fully saturated rings. The summed E-state index contributed by atoms with van der Waals surface area (Å²) in [6.07, 6.45) is 1.32. The molecular weight excluding hydrogens is 397 g/mol. The van der Waals surface area contributed by atoms with E-state index in [9.17, 15) is 9.18 Å². The van der Waals surface area contributed by atoms with Crippen LogP contribution >= 0.6 is 11.6 Å². The molecule has 0 aliphatic heterocycles. The number of carbonyl (C=O) groups excluding carboxylic acids is 1. The molecule has 3 rings (SSSR count). The molecule has 6 nitrogen and oxygen atoms in total. The molecule has 0 spiro atoms. The molecule has 1 amide bonds. The van der Waals surface area contributed by atoms with Crippen molar-refractivity contribution in [1.29, 1.82) is 0 Å². The topological polar surface area (TPSA) is 86.5 Å². The van der Waals surface area contributed by atoms with Crippen molar-refractivity contribution in [2.24, 2.45) is 5.73 Å². The number of anilines is 1. The Morgan fingerprint density at radius 1 is 1.17 bits per heavy atom. The van der Waals surface area contributed by atoms with Crippen LogP contribution in [-0.2, 0) is 0 Å². The van der Waals surface area contributed by atoms with Gasteiger partial charge in [0.1, 0.15) is 23.1 Å². The van der Waals surface area contributed by atoms with Crippen LogP contribution in [0.4, 0.5) is 10.2 Å². The molecule has 3 N–H and O–H groups in total. The molecule has 29 heavy (non-hydrogen) atoms. The van der Waals surface area contributed by atoms with E-state index in [0.29, 0.717) is 22.9 Å². The zero-order chi connectivity index (χ0) is 21.0. The van der Waals surface area contributed by atoms with E-state index < -0.39 is 17.8 Å². The van der Waals surface area contributed by atoms with Gasteiger partial charge >= 0.3 is 0 Å². The molecular formula is C21H19ClFN3O3. The average molecular weight is 416 g/mol. The number of nitrogens with one attached hydrogen (secondary N) is 1. The van der Waals surface area contributed by atoms with Gasteiger partial charge in [-0.05, 0) is 42.0 Å². The van der Waals surface area contributed by atoms with E-state index in [1.54, 1.807) is 19.2 Å². The van der Waals surface area contributed by atoms with Gasteiger partial charge in [-0.3, -0.25) is 4.79 Å². The predicted octanol–water partition coefficient (Wildman–Crippen LogP) is 4.19.